The van der Waals surface area contributed by atoms with E-state index in [1.807, 2.05) is 0 Å². The van der Waals surface area contributed by atoms with Crippen LogP contribution >= 0.6 is 15.9 Å². The van der Waals surface area contributed by atoms with Crippen LogP contribution in [-0.2, 0) is 0 Å². The highest BCUT2D eigenvalue weighted by molar-refractivity contribution is 9.10. The summed E-state index contributed by atoms with van der Waals surface area (Å²) >= 11 is 3.76. The zero-order valence-corrected chi connectivity index (χ0v) is 12.3. The fourth-order valence-electron chi connectivity index (χ4n) is 4.27. The first-order valence-corrected chi connectivity index (χ1v) is 7.80. The lowest BCUT2D eigenvalue weighted by Crippen LogP contribution is -2.67. The third kappa shape index (κ3) is 1.64. The van der Waals surface area contributed by atoms with E-state index < -0.39 is 0 Å². The van der Waals surface area contributed by atoms with Gasteiger partial charge in [-0.3, -0.25) is 0 Å². The Morgan fingerprint density at radius 1 is 1.11 bits per heavy atom. The average Bonchev–Trinajstić information content (AvgIpc) is 2.30. The van der Waals surface area contributed by atoms with Gasteiger partial charge in [-0.05, 0) is 66.2 Å². The van der Waals surface area contributed by atoms with E-state index in [2.05, 4.69) is 51.3 Å². The number of nitrogens with one attached hydrogen (secondary N) is 1. The van der Waals surface area contributed by atoms with Crippen LogP contribution in [-0.4, -0.2) is 24.2 Å². The summed E-state index contributed by atoms with van der Waals surface area (Å²) in [4.78, 5) is 2.71. The number of anilines is 1. The van der Waals surface area contributed by atoms with Crippen LogP contribution in [0.25, 0.3) is 0 Å². The van der Waals surface area contributed by atoms with Gasteiger partial charge in [0.05, 0.1) is 5.69 Å². The van der Waals surface area contributed by atoms with Crippen LogP contribution in [0.3, 0.4) is 0 Å². The van der Waals surface area contributed by atoms with Gasteiger partial charge < -0.3 is 10.2 Å². The number of nitrogens with zero attached hydrogens (tertiary/aromatic N) is 1. The van der Waals surface area contributed by atoms with Crippen molar-refractivity contribution in [2.24, 2.45) is 0 Å². The maximum absolute atomic E-state index is 3.77. The number of rotatable bonds is 1. The van der Waals surface area contributed by atoms with Crippen molar-refractivity contribution in [1.29, 1.82) is 0 Å². The lowest BCUT2D eigenvalue weighted by molar-refractivity contribution is 0.134. The molecule has 96 valence electrons. The minimum absolute atomic E-state index is 0.757. The first kappa shape index (κ1) is 11.3. The molecule has 0 unspecified atom stereocenters. The lowest BCUT2D eigenvalue weighted by Gasteiger charge is -2.58. The molecule has 4 saturated heterocycles. The predicted molar refractivity (Wildman–Crippen MR) is 78.1 cm³/mol. The number of halogens is 1. The summed E-state index contributed by atoms with van der Waals surface area (Å²) in [7, 11) is 0. The molecule has 1 N–H and O–H groups in total. The SMILES string of the molecule is Cc1ccc(N2C3CC4CC2CC(C3)N4)c(Br)c1. The van der Waals surface area contributed by atoms with Gasteiger partial charge in [0.2, 0.25) is 0 Å². The second-order valence-electron chi connectivity index (χ2n) is 6.17. The van der Waals surface area contributed by atoms with Gasteiger partial charge in [-0.15, -0.1) is 0 Å². The molecule has 18 heavy (non-hydrogen) atoms. The molecule has 5 rings (SSSR count). The Balaban J connectivity index is 1.72. The first-order valence-electron chi connectivity index (χ1n) is 7.01. The van der Waals surface area contributed by atoms with Crippen molar-refractivity contribution in [3.05, 3.63) is 28.2 Å². The van der Waals surface area contributed by atoms with Crippen molar-refractivity contribution in [2.75, 3.05) is 4.90 Å². The quantitative estimate of drug-likeness (QED) is 0.857. The zero-order chi connectivity index (χ0) is 12.3. The van der Waals surface area contributed by atoms with Gasteiger partial charge in [0, 0.05) is 28.6 Å². The minimum Gasteiger partial charge on any atom is -0.364 e. The van der Waals surface area contributed by atoms with Crippen molar-refractivity contribution >= 4 is 21.6 Å². The third-order valence-electron chi connectivity index (χ3n) is 4.87. The number of piperidine rings is 4. The Morgan fingerprint density at radius 2 is 1.72 bits per heavy atom. The topological polar surface area (TPSA) is 15.3 Å². The molecule has 1 aromatic rings. The Labute approximate surface area is 117 Å². The van der Waals surface area contributed by atoms with E-state index in [0.717, 1.165) is 24.2 Å². The third-order valence-corrected chi connectivity index (χ3v) is 5.50. The monoisotopic (exact) mass is 306 g/mol. The fraction of sp³-hybridized carbons (Fsp3) is 0.600. The van der Waals surface area contributed by atoms with Crippen molar-refractivity contribution in [1.82, 2.24) is 5.32 Å². The maximum atomic E-state index is 3.77. The standard InChI is InChI=1S/C15H19BrN2/c1-9-2-3-15(14(16)4-9)18-12-5-10-6-13(18)8-11(7-12)17-10/h2-4,10-13,17H,5-8H2,1H3. The molecule has 4 bridgehead atoms. The molecule has 0 radical (unpaired) electrons. The largest absolute Gasteiger partial charge is 0.364 e. The van der Waals surface area contributed by atoms with Crippen LogP contribution in [0.2, 0.25) is 0 Å². The van der Waals surface area contributed by atoms with Crippen LogP contribution in [0.15, 0.2) is 22.7 Å². The smallest absolute Gasteiger partial charge is 0.0515 e. The summed E-state index contributed by atoms with van der Waals surface area (Å²) in [5, 5.41) is 3.77. The average molecular weight is 307 g/mol. The molecule has 0 spiro atoms. The van der Waals surface area contributed by atoms with Gasteiger partial charge in [0.15, 0.2) is 0 Å². The molecule has 4 heterocycles. The van der Waals surface area contributed by atoms with Crippen molar-refractivity contribution in [3.8, 4) is 0 Å². The van der Waals surface area contributed by atoms with Crippen LogP contribution in [0.1, 0.15) is 31.2 Å². The highest BCUT2D eigenvalue weighted by atomic mass is 79.9. The van der Waals surface area contributed by atoms with Gasteiger partial charge in [-0.2, -0.15) is 0 Å². The van der Waals surface area contributed by atoms with Crippen LogP contribution < -0.4 is 10.2 Å². The molecule has 0 atom stereocenters. The minimum atomic E-state index is 0.757. The molecular weight excluding hydrogens is 288 g/mol. The molecule has 0 aromatic heterocycles. The summed E-state index contributed by atoms with van der Waals surface area (Å²) in [5.41, 5.74) is 2.74. The van der Waals surface area contributed by atoms with E-state index in [0.29, 0.717) is 0 Å². The Morgan fingerprint density at radius 3 is 2.28 bits per heavy atom. The Bertz CT molecular complexity index is 457. The molecule has 2 nitrogen and oxygen atoms in total. The molecule has 4 aliphatic heterocycles. The van der Waals surface area contributed by atoms with Crippen molar-refractivity contribution in [3.63, 3.8) is 0 Å². The maximum Gasteiger partial charge on any atom is 0.0515 e. The zero-order valence-electron chi connectivity index (χ0n) is 10.7. The predicted octanol–water partition coefficient (Wildman–Crippen LogP) is 3.23. The van der Waals surface area contributed by atoms with E-state index >= 15 is 0 Å². The van der Waals surface area contributed by atoms with E-state index in [9.17, 15) is 0 Å². The van der Waals surface area contributed by atoms with Crippen molar-refractivity contribution in [2.45, 2.75) is 56.8 Å². The molecule has 3 heteroatoms. The van der Waals surface area contributed by atoms with Gasteiger partial charge in [0.1, 0.15) is 0 Å². The van der Waals surface area contributed by atoms with E-state index in [-0.39, 0.29) is 0 Å². The van der Waals surface area contributed by atoms with Crippen molar-refractivity contribution < 1.29 is 0 Å². The second kappa shape index (κ2) is 3.97. The van der Waals surface area contributed by atoms with Gasteiger partial charge in [-0.25, -0.2) is 0 Å². The molecule has 0 aliphatic carbocycles. The van der Waals surface area contributed by atoms with Crippen LogP contribution in [0, 0.1) is 6.92 Å². The summed E-state index contributed by atoms with van der Waals surface area (Å²) in [6.45, 7) is 2.16. The summed E-state index contributed by atoms with van der Waals surface area (Å²) in [6.07, 6.45) is 5.31. The van der Waals surface area contributed by atoms with Crippen LogP contribution in [0.4, 0.5) is 5.69 Å². The van der Waals surface area contributed by atoms with E-state index in [1.165, 1.54) is 41.4 Å². The fourth-order valence-corrected chi connectivity index (χ4v) is 4.97. The molecule has 4 fully saturated rings. The highest BCUT2D eigenvalue weighted by Gasteiger charge is 2.46. The second-order valence-corrected chi connectivity index (χ2v) is 7.03. The van der Waals surface area contributed by atoms with Gasteiger partial charge >= 0.3 is 0 Å². The Kier molecular flexibility index (Phi) is 2.50. The number of benzene rings is 1. The van der Waals surface area contributed by atoms with Gasteiger partial charge in [0.25, 0.3) is 0 Å². The van der Waals surface area contributed by atoms with Gasteiger partial charge in [-0.1, -0.05) is 6.07 Å². The molecule has 1 aromatic carbocycles. The Hall–Kier alpha value is -0.540. The first-order chi connectivity index (χ1) is 8.70. The van der Waals surface area contributed by atoms with E-state index in [4.69, 9.17) is 0 Å². The van der Waals surface area contributed by atoms with E-state index in [1.54, 1.807) is 0 Å². The molecular formula is C15H19BrN2. The van der Waals surface area contributed by atoms with Crippen LogP contribution in [0.5, 0.6) is 0 Å². The number of hydrogen-bond donors (Lipinski definition) is 1. The number of aryl methyl sites for hydroxylation is 1. The lowest BCUT2D eigenvalue weighted by atomic mass is 9.74. The number of hydrogen-bond acceptors (Lipinski definition) is 2. The molecule has 0 amide bonds. The summed E-state index contributed by atoms with van der Waals surface area (Å²) in [5.74, 6) is 0. The summed E-state index contributed by atoms with van der Waals surface area (Å²) in [6, 6.07) is 9.87. The highest BCUT2D eigenvalue weighted by Crippen LogP contribution is 2.43. The summed E-state index contributed by atoms with van der Waals surface area (Å²) < 4.78 is 1.27. The molecule has 0 saturated carbocycles. The normalized spacial score (nSPS) is 37.3. The molecule has 4 aliphatic rings.